The second-order valence-electron chi connectivity index (χ2n) is 4.91. The molecule has 0 amide bonds. The second kappa shape index (κ2) is 7.34. The highest BCUT2D eigenvalue weighted by atomic mass is 35.5. The van der Waals surface area contributed by atoms with E-state index in [0.29, 0.717) is 10.8 Å². The van der Waals surface area contributed by atoms with E-state index in [9.17, 15) is 0 Å². The Morgan fingerprint density at radius 2 is 1.90 bits per heavy atom. The molecule has 0 aliphatic heterocycles. The van der Waals surface area contributed by atoms with Gasteiger partial charge in [-0.1, -0.05) is 30.7 Å². The van der Waals surface area contributed by atoms with Crippen LogP contribution in [0.4, 0.5) is 0 Å². The van der Waals surface area contributed by atoms with E-state index < -0.39 is 0 Å². The molecule has 1 unspecified atom stereocenters. The van der Waals surface area contributed by atoms with Gasteiger partial charge in [0, 0.05) is 17.1 Å². The number of rotatable bonds is 6. The van der Waals surface area contributed by atoms with Crippen molar-refractivity contribution in [2.45, 2.75) is 25.8 Å². The van der Waals surface area contributed by atoms with E-state index in [-0.39, 0.29) is 6.04 Å². The Hall–Kier alpha value is -1.71. The number of hydrogen-bond acceptors (Lipinski definition) is 3. The number of nitrogens with two attached hydrogens (primary N) is 1. The second-order valence-corrected chi connectivity index (χ2v) is 5.34. The van der Waals surface area contributed by atoms with E-state index in [1.807, 2.05) is 42.5 Å². The van der Waals surface area contributed by atoms with Crippen molar-refractivity contribution in [3.05, 3.63) is 53.1 Å². The van der Waals surface area contributed by atoms with Crippen LogP contribution in [0.15, 0.2) is 42.5 Å². The third-order valence-electron chi connectivity index (χ3n) is 3.30. The maximum atomic E-state index is 6.08. The first-order valence-corrected chi connectivity index (χ1v) is 7.36. The lowest BCUT2D eigenvalue weighted by atomic mass is 10.0. The van der Waals surface area contributed by atoms with Gasteiger partial charge in [0.05, 0.1) is 7.11 Å². The third kappa shape index (κ3) is 4.38. The third-order valence-corrected chi connectivity index (χ3v) is 3.54. The van der Waals surface area contributed by atoms with Gasteiger partial charge in [0.2, 0.25) is 0 Å². The largest absolute Gasteiger partial charge is 0.497 e. The average molecular weight is 306 g/mol. The summed E-state index contributed by atoms with van der Waals surface area (Å²) in [5.41, 5.74) is 7.09. The molecule has 2 aromatic rings. The van der Waals surface area contributed by atoms with Gasteiger partial charge in [-0.3, -0.25) is 0 Å². The zero-order chi connectivity index (χ0) is 15.2. The van der Waals surface area contributed by atoms with Crippen molar-refractivity contribution in [2.24, 2.45) is 5.73 Å². The first-order chi connectivity index (χ1) is 10.1. The van der Waals surface area contributed by atoms with Crippen LogP contribution in [0.3, 0.4) is 0 Å². The SMILES string of the molecule is CCC(N)Cc1ccc(Cl)cc1Oc1cccc(OC)c1. The molecule has 0 aliphatic carbocycles. The van der Waals surface area contributed by atoms with Crippen LogP contribution in [-0.4, -0.2) is 13.2 Å². The van der Waals surface area contributed by atoms with Crippen molar-refractivity contribution >= 4 is 11.6 Å². The lowest BCUT2D eigenvalue weighted by Gasteiger charge is -2.15. The normalized spacial score (nSPS) is 12.0. The molecule has 2 aromatic carbocycles. The summed E-state index contributed by atoms with van der Waals surface area (Å²) >= 11 is 6.08. The summed E-state index contributed by atoms with van der Waals surface area (Å²) in [6.45, 7) is 2.07. The van der Waals surface area contributed by atoms with Crippen molar-refractivity contribution in [1.29, 1.82) is 0 Å². The molecular weight excluding hydrogens is 286 g/mol. The number of methoxy groups -OCH3 is 1. The lowest BCUT2D eigenvalue weighted by molar-refractivity contribution is 0.408. The van der Waals surface area contributed by atoms with Crippen molar-refractivity contribution in [1.82, 2.24) is 0 Å². The highest BCUT2D eigenvalue weighted by Gasteiger charge is 2.10. The zero-order valence-corrected chi connectivity index (χ0v) is 13.1. The predicted molar refractivity (Wildman–Crippen MR) is 86.5 cm³/mol. The standard InChI is InChI=1S/C17H20ClNO2/c1-3-14(19)9-12-7-8-13(18)10-17(12)21-16-6-4-5-15(11-16)20-2/h4-8,10-11,14H,3,9,19H2,1-2H3. The van der Waals surface area contributed by atoms with Crippen LogP contribution >= 0.6 is 11.6 Å². The highest BCUT2D eigenvalue weighted by Crippen LogP contribution is 2.31. The molecule has 3 nitrogen and oxygen atoms in total. The van der Waals surface area contributed by atoms with E-state index in [2.05, 4.69) is 6.92 Å². The van der Waals surface area contributed by atoms with Crippen molar-refractivity contribution in [3.63, 3.8) is 0 Å². The molecule has 0 fully saturated rings. The summed E-state index contributed by atoms with van der Waals surface area (Å²) in [5.74, 6) is 2.20. The topological polar surface area (TPSA) is 44.5 Å². The van der Waals surface area contributed by atoms with Crippen LogP contribution in [0.5, 0.6) is 17.2 Å². The van der Waals surface area contributed by atoms with Crippen molar-refractivity contribution in [2.75, 3.05) is 7.11 Å². The Labute approximate surface area is 130 Å². The van der Waals surface area contributed by atoms with Gasteiger partial charge in [0.1, 0.15) is 17.2 Å². The molecule has 0 heterocycles. The highest BCUT2D eigenvalue weighted by molar-refractivity contribution is 6.30. The summed E-state index contributed by atoms with van der Waals surface area (Å²) in [5, 5.41) is 0.640. The molecule has 0 saturated carbocycles. The number of hydrogen-bond donors (Lipinski definition) is 1. The fourth-order valence-corrected chi connectivity index (χ4v) is 2.17. The smallest absolute Gasteiger partial charge is 0.132 e. The monoisotopic (exact) mass is 305 g/mol. The van der Waals surface area contributed by atoms with Crippen LogP contribution in [0.25, 0.3) is 0 Å². The van der Waals surface area contributed by atoms with Gasteiger partial charge in [0.15, 0.2) is 0 Å². The van der Waals surface area contributed by atoms with E-state index in [1.54, 1.807) is 7.11 Å². The average Bonchev–Trinajstić information content (AvgIpc) is 2.50. The molecule has 0 radical (unpaired) electrons. The molecule has 0 saturated heterocycles. The van der Waals surface area contributed by atoms with Gasteiger partial charge in [-0.25, -0.2) is 0 Å². The van der Waals surface area contributed by atoms with Gasteiger partial charge < -0.3 is 15.2 Å². The minimum absolute atomic E-state index is 0.110. The van der Waals surface area contributed by atoms with E-state index >= 15 is 0 Å². The maximum absolute atomic E-state index is 6.08. The first kappa shape index (κ1) is 15.7. The van der Waals surface area contributed by atoms with Crippen LogP contribution in [-0.2, 0) is 6.42 Å². The van der Waals surface area contributed by atoms with Gasteiger partial charge in [0.25, 0.3) is 0 Å². The van der Waals surface area contributed by atoms with Gasteiger partial charge in [-0.15, -0.1) is 0 Å². The Morgan fingerprint density at radius 1 is 1.14 bits per heavy atom. The van der Waals surface area contributed by atoms with E-state index in [4.69, 9.17) is 26.8 Å². The van der Waals surface area contributed by atoms with Gasteiger partial charge in [-0.2, -0.15) is 0 Å². The van der Waals surface area contributed by atoms with Crippen molar-refractivity contribution < 1.29 is 9.47 Å². The quantitative estimate of drug-likeness (QED) is 0.859. The van der Waals surface area contributed by atoms with Crippen LogP contribution < -0.4 is 15.2 Å². The molecule has 0 aliphatic rings. The maximum Gasteiger partial charge on any atom is 0.132 e. The Kier molecular flexibility index (Phi) is 5.48. The summed E-state index contributed by atoms with van der Waals surface area (Å²) < 4.78 is 11.2. The molecule has 112 valence electrons. The van der Waals surface area contributed by atoms with E-state index in [0.717, 1.165) is 29.9 Å². The Balaban J connectivity index is 2.26. The van der Waals surface area contributed by atoms with Crippen LogP contribution in [0.1, 0.15) is 18.9 Å². The Morgan fingerprint density at radius 3 is 2.62 bits per heavy atom. The van der Waals surface area contributed by atoms with Crippen LogP contribution in [0.2, 0.25) is 5.02 Å². The fourth-order valence-electron chi connectivity index (χ4n) is 2.01. The first-order valence-electron chi connectivity index (χ1n) is 6.98. The van der Waals surface area contributed by atoms with Crippen LogP contribution in [0, 0.1) is 0 Å². The summed E-state index contributed by atoms with van der Waals surface area (Å²) in [4.78, 5) is 0. The molecule has 1 atom stereocenters. The number of halogens is 1. The summed E-state index contributed by atoms with van der Waals surface area (Å²) in [6, 6.07) is 13.2. The molecule has 2 rings (SSSR count). The van der Waals surface area contributed by atoms with Gasteiger partial charge in [-0.05, 0) is 42.7 Å². The zero-order valence-electron chi connectivity index (χ0n) is 12.3. The molecule has 4 heteroatoms. The number of benzene rings is 2. The Bertz CT molecular complexity index is 601. The molecule has 0 spiro atoms. The van der Waals surface area contributed by atoms with Crippen molar-refractivity contribution in [3.8, 4) is 17.2 Å². The minimum atomic E-state index is 0.110. The predicted octanol–water partition coefficient (Wildman–Crippen LogP) is 4.42. The lowest BCUT2D eigenvalue weighted by Crippen LogP contribution is -2.21. The molecule has 0 bridgehead atoms. The molecule has 21 heavy (non-hydrogen) atoms. The summed E-state index contributed by atoms with van der Waals surface area (Å²) in [7, 11) is 1.63. The molecule has 0 aromatic heterocycles. The number of ether oxygens (including phenoxy) is 2. The fraction of sp³-hybridized carbons (Fsp3) is 0.294. The summed E-state index contributed by atoms with van der Waals surface area (Å²) in [6.07, 6.45) is 1.67. The minimum Gasteiger partial charge on any atom is -0.497 e. The molecule has 2 N–H and O–H groups in total. The van der Waals surface area contributed by atoms with E-state index in [1.165, 1.54) is 0 Å². The van der Waals surface area contributed by atoms with Gasteiger partial charge >= 0.3 is 0 Å². The molecular formula is C17H20ClNO2.